The Hall–Kier alpha value is -0.950. The highest BCUT2D eigenvalue weighted by molar-refractivity contribution is 7.86. The van der Waals surface area contributed by atoms with Crippen molar-refractivity contribution in [3.05, 3.63) is 33.6 Å². The van der Waals surface area contributed by atoms with Gasteiger partial charge in [-0.2, -0.15) is 8.42 Å². The van der Waals surface area contributed by atoms with Crippen LogP contribution in [0.25, 0.3) is 11.3 Å². The van der Waals surface area contributed by atoms with E-state index in [1.165, 1.54) is 23.5 Å². The summed E-state index contributed by atoms with van der Waals surface area (Å²) in [5, 5.41) is 2.68. The van der Waals surface area contributed by atoms with Crippen molar-refractivity contribution in [2.45, 2.75) is 11.8 Å². The van der Waals surface area contributed by atoms with Crippen LogP contribution in [0.15, 0.2) is 28.5 Å². The van der Waals surface area contributed by atoms with Crippen LogP contribution >= 0.6 is 22.9 Å². The molecule has 17 heavy (non-hydrogen) atoms. The van der Waals surface area contributed by atoms with Gasteiger partial charge in [-0.05, 0) is 19.1 Å². The minimum absolute atomic E-state index is 0.0109. The van der Waals surface area contributed by atoms with Crippen molar-refractivity contribution in [3.63, 3.8) is 0 Å². The molecule has 0 spiro atoms. The summed E-state index contributed by atoms with van der Waals surface area (Å²) in [6, 6.07) is 4.40. The zero-order valence-corrected chi connectivity index (χ0v) is 11.1. The second-order valence-electron chi connectivity index (χ2n) is 3.37. The second-order valence-corrected chi connectivity index (χ2v) is 6.23. The van der Waals surface area contributed by atoms with Crippen LogP contribution in [0.3, 0.4) is 0 Å². The number of halogens is 1. The predicted octanol–water partition coefficient (Wildman–Crippen LogP) is 3.02. The monoisotopic (exact) mass is 289 g/mol. The van der Waals surface area contributed by atoms with Gasteiger partial charge in [-0.25, -0.2) is 4.98 Å². The van der Waals surface area contributed by atoms with Crippen LogP contribution in [-0.2, 0) is 10.1 Å². The number of thiazole rings is 1. The van der Waals surface area contributed by atoms with Crippen LogP contribution in [0.5, 0.6) is 0 Å². The summed E-state index contributed by atoms with van der Waals surface area (Å²) >= 11 is 7.18. The molecule has 1 N–H and O–H groups in total. The van der Waals surface area contributed by atoms with Crippen molar-refractivity contribution >= 4 is 33.1 Å². The molecule has 2 aromatic rings. The normalized spacial score (nSPS) is 11.7. The van der Waals surface area contributed by atoms with E-state index in [0.717, 1.165) is 5.01 Å². The van der Waals surface area contributed by atoms with E-state index in [-0.39, 0.29) is 9.92 Å². The predicted molar refractivity (Wildman–Crippen MR) is 67.1 cm³/mol. The number of aromatic nitrogens is 1. The van der Waals surface area contributed by atoms with Gasteiger partial charge in [-0.1, -0.05) is 17.7 Å². The molecule has 0 amide bonds. The van der Waals surface area contributed by atoms with Crippen molar-refractivity contribution in [2.75, 3.05) is 0 Å². The number of hydrogen-bond donors (Lipinski definition) is 1. The van der Waals surface area contributed by atoms with Gasteiger partial charge in [0.15, 0.2) is 0 Å². The van der Waals surface area contributed by atoms with E-state index in [9.17, 15) is 8.42 Å². The molecule has 0 bridgehead atoms. The summed E-state index contributed by atoms with van der Waals surface area (Å²) in [4.78, 5) is 3.93. The van der Waals surface area contributed by atoms with E-state index in [0.29, 0.717) is 11.3 Å². The van der Waals surface area contributed by atoms with E-state index >= 15 is 0 Å². The van der Waals surface area contributed by atoms with Crippen LogP contribution in [0, 0.1) is 6.92 Å². The average Bonchev–Trinajstić information content (AvgIpc) is 2.64. The molecule has 0 atom stereocenters. The molecule has 0 unspecified atom stereocenters. The first-order valence-corrected chi connectivity index (χ1v) is 7.27. The first-order chi connectivity index (χ1) is 7.88. The first kappa shape index (κ1) is 12.5. The van der Waals surface area contributed by atoms with Crippen molar-refractivity contribution in [2.24, 2.45) is 0 Å². The van der Waals surface area contributed by atoms with Crippen molar-refractivity contribution < 1.29 is 13.0 Å². The van der Waals surface area contributed by atoms with Gasteiger partial charge >= 0.3 is 0 Å². The van der Waals surface area contributed by atoms with E-state index < -0.39 is 10.1 Å². The lowest BCUT2D eigenvalue weighted by Crippen LogP contribution is -1.99. The third kappa shape index (κ3) is 2.66. The Labute approximate surface area is 108 Å². The fraction of sp³-hybridized carbons (Fsp3) is 0.100. The quantitative estimate of drug-likeness (QED) is 0.863. The zero-order chi connectivity index (χ0) is 12.6. The maximum atomic E-state index is 11.1. The van der Waals surface area contributed by atoms with E-state index in [2.05, 4.69) is 4.98 Å². The summed E-state index contributed by atoms with van der Waals surface area (Å²) in [6.07, 6.45) is 0. The molecule has 0 aliphatic heterocycles. The summed E-state index contributed by atoms with van der Waals surface area (Å²) in [5.74, 6) is 0. The zero-order valence-electron chi connectivity index (χ0n) is 8.71. The number of benzene rings is 1. The molecular formula is C10H8ClNO3S2. The third-order valence-corrected chi connectivity index (χ3v) is 4.23. The summed E-state index contributed by atoms with van der Waals surface area (Å²) in [5.41, 5.74) is 1.26. The first-order valence-electron chi connectivity index (χ1n) is 4.57. The average molecular weight is 290 g/mol. The van der Waals surface area contributed by atoms with Crippen LogP contribution in [0.1, 0.15) is 5.01 Å². The Kier molecular flexibility index (Phi) is 3.22. The fourth-order valence-corrected chi connectivity index (χ4v) is 2.98. The topological polar surface area (TPSA) is 67.3 Å². The van der Waals surface area contributed by atoms with Crippen LogP contribution in [0.4, 0.5) is 0 Å². The standard InChI is InChI=1S/C10H8ClNO3S2/c1-6-12-9(5-16-6)7-2-3-8(11)10(4-7)17(13,14)15/h2-5H,1H3,(H,13,14,15). The number of rotatable bonds is 2. The Morgan fingerprint density at radius 2 is 2.12 bits per heavy atom. The van der Waals surface area contributed by atoms with Gasteiger partial charge in [0.2, 0.25) is 0 Å². The molecule has 1 aromatic heterocycles. The van der Waals surface area contributed by atoms with Gasteiger partial charge < -0.3 is 0 Å². The number of aryl methyl sites for hydroxylation is 1. The molecule has 90 valence electrons. The van der Waals surface area contributed by atoms with Gasteiger partial charge in [0.1, 0.15) is 4.90 Å². The third-order valence-electron chi connectivity index (χ3n) is 2.12. The lowest BCUT2D eigenvalue weighted by Gasteiger charge is -2.03. The SMILES string of the molecule is Cc1nc(-c2ccc(Cl)c(S(=O)(=O)O)c2)cs1. The summed E-state index contributed by atoms with van der Waals surface area (Å²) < 4.78 is 31.2. The largest absolute Gasteiger partial charge is 0.296 e. The van der Waals surface area contributed by atoms with Crippen molar-refractivity contribution in [1.29, 1.82) is 0 Å². The maximum Gasteiger partial charge on any atom is 0.296 e. The minimum atomic E-state index is -4.31. The number of hydrogen-bond acceptors (Lipinski definition) is 4. The van der Waals surface area contributed by atoms with Crippen LogP contribution < -0.4 is 0 Å². The van der Waals surface area contributed by atoms with Gasteiger partial charge in [-0.15, -0.1) is 11.3 Å². The van der Waals surface area contributed by atoms with Gasteiger partial charge in [0.05, 0.1) is 15.7 Å². The van der Waals surface area contributed by atoms with E-state index in [1.807, 2.05) is 12.3 Å². The molecule has 0 fully saturated rings. The molecule has 2 rings (SSSR count). The summed E-state index contributed by atoms with van der Waals surface area (Å²) in [7, 11) is -4.31. The second kappa shape index (κ2) is 4.38. The summed E-state index contributed by atoms with van der Waals surface area (Å²) in [6.45, 7) is 1.85. The molecule has 0 aliphatic rings. The highest BCUT2D eigenvalue weighted by atomic mass is 35.5. The minimum Gasteiger partial charge on any atom is -0.282 e. The lowest BCUT2D eigenvalue weighted by molar-refractivity contribution is 0.483. The van der Waals surface area contributed by atoms with Gasteiger partial charge in [0.25, 0.3) is 10.1 Å². The smallest absolute Gasteiger partial charge is 0.282 e. The lowest BCUT2D eigenvalue weighted by atomic mass is 10.2. The van der Waals surface area contributed by atoms with Crippen LogP contribution in [-0.4, -0.2) is 18.0 Å². The maximum absolute atomic E-state index is 11.1. The molecular weight excluding hydrogens is 282 g/mol. The highest BCUT2D eigenvalue weighted by Gasteiger charge is 2.16. The molecule has 0 saturated carbocycles. The molecule has 7 heteroatoms. The molecule has 0 saturated heterocycles. The highest BCUT2D eigenvalue weighted by Crippen LogP contribution is 2.28. The Morgan fingerprint density at radius 1 is 1.41 bits per heavy atom. The van der Waals surface area contributed by atoms with Crippen molar-refractivity contribution in [1.82, 2.24) is 4.98 Å². The molecule has 1 aromatic carbocycles. The van der Waals surface area contributed by atoms with E-state index in [4.69, 9.17) is 16.2 Å². The van der Waals surface area contributed by atoms with E-state index in [1.54, 1.807) is 6.07 Å². The van der Waals surface area contributed by atoms with Gasteiger partial charge in [-0.3, -0.25) is 4.55 Å². The number of nitrogens with zero attached hydrogens (tertiary/aromatic N) is 1. The Bertz CT molecular complexity index is 664. The Balaban J connectivity index is 2.59. The Morgan fingerprint density at radius 3 is 2.65 bits per heavy atom. The van der Waals surface area contributed by atoms with Gasteiger partial charge in [0, 0.05) is 10.9 Å². The van der Waals surface area contributed by atoms with Crippen molar-refractivity contribution in [3.8, 4) is 11.3 Å². The molecule has 0 aliphatic carbocycles. The molecule has 4 nitrogen and oxygen atoms in total. The fourth-order valence-electron chi connectivity index (χ4n) is 1.36. The van der Waals surface area contributed by atoms with Crippen LogP contribution in [0.2, 0.25) is 5.02 Å². The molecule has 0 radical (unpaired) electrons. The molecule has 1 heterocycles.